The molecule has 5 heteroatoms. The average molecular weight is 130 g/mol. The molecule has 0 saturated heterocycles. The van der Waals surface area contributed by atoms with E-state index in [0.717, 1.165) is 0 Å². The molecule has 0 spiro atoms. The molecule has 0 fully saturated rings. The van der Waals surface area contributed by atoms with Gasteiger partial charge in [-0.3, -0.25) is 10.3 Å². The van der Waals surface area contributed by atoms with Crippen molar-refractivity contribution in [1.29, 1.82) is 5.41 Å². The fraction of sp³-hybridized carbons (Fsp3) is 0.500. The molecule has 0 aliphatic carbocycles. The number of ether oxygens (including phenoxy) is 1. The molecule has 52 valence electrons. The summed E-state index contributed by atoms with van der Waals surface area (Å²) in [4.78, 5) is 1.35. The van der Waals surface area contributed by atoms with Crippen LogP contribution in [0.1, 0.15) is 0 Å². The second kappa shape index (κ2) is 3.71. The maximum atomic E-state index is 7.00. The zero-order valence-corrected chi connectivity index (χ0v) is 5.46. The fourth-order valence-corrected chi connectivity index (χ4v) is 0.296. The van der Waals surface area contributed by atoms with Crippen LogP contribution in [0.2, 0.25) is 0 Å². The maximum Gasteiger partial charge on any atom is 0.289 e. The summed E-state index contributed by atoms with van der Waals surface area (Å²) in [5, 5.41) is 10.2. The molecule has 0 radical (unpaired) electrons. The molecule has 3 N–H and O–H groups in total. The van der Waals surface area contributed by atoms with Gasteiger partial charge in [0.15, 0.2) is 0 Å². The van der Waals surface area contributed by atoms with Gasteiger partial charge in [0.2, 0.25) is 0 Å². The lowest BCUT2D eigenvalue weighted by Gasteiger charge is -2.10. The standard InChI is InChI=1S/C4H10N4O/c1-8(3-7-6)4(5)9-2/h3,5H,6H2,1-2H3. The van der Waals surface area contributed by atoms with E-state index in [1.807, 2.05) is 0 Å². The van der Waals surface area contributed by atoms with Crippen molar-refractivity contribution in [2.75, 3.05) is 14.2 Å². The van der Waals surface area contributed by atoms with Crippen LogP contribution in [0.5, 0.6) is 0 Å². The molecule has 0 unspecified atom stereocenters. The molecule has 9 heavy (non-hydrogen) atoms. The van der Waals surface area contributed by atoms with Gasteiger partial charge in [-0.05, 0) is 0 Å². The van der Waals surface area contributed by atoms with Crippen LogP contribution in [0.4, 0.5) is 0 Å². The number of hydrogen-bond acceptors (Lipinski definition) is 4. The van der Waals surface area contributed by atoms with Crippen molar-refractivity contribution in [3.05, 3.63) is 0 Å². The first kappa shape index (κ1) is 7.74. The van der Waals surface area contributed by atoms with Gasteiger partial charge < -0.3 is 10.6 Å². The van der Waals surface area contributed by atoms with Crippen LogP contribution >= 0.6 is 0 Å². The van der Waals surface area contributed by atoms with Crippen molar-refractivity contribution in [3.8, 4) is 0 Å². The van der Waals surface area contributed by atoms with E-state index in [0.29, 0.717) is 0 Å². The van der Waals surface area contributed by atoms with Gasteiger partial charge in [0.25, 0.3) is 6.02 Å². The van der Waals surface area contributed by atoms with Crippen molar-refractivity contribution >= 4 is 12.4 Å². The van der Waals surface area contributed by atoms with Gasteiger partial charge in [0.05, 0.1) is 7.11 Å². The van der Waals surface area contributed by atoms with E-state index in [4.69, 9.17) is 11.3 Å². The molecule has 0 heterocycles. The summed E-state index contributed by atoms with van der Waals surface area (Å²) in [5.74, 6) is 4.80. The van der Waals surface area contributed by atoms with Crippen molar-refractivity contribution in [1.82, 2.24) is 4.90 Å². The molecule has 0 atom stereocenters. The van der Waals surface area contributed by atoms with Gasteiger partial charge in [-0.25, -0.2) is 0 Å². The molecule has 0 bridgehead atoms. The summed E-state index contributed by atoms with van der Waals surface area (Å²) in [6.07, 6.45) is 1.28. The molecule has 0 amide bonds. The molecule has 0 aromatic rings. The number of nitrogens with two attached hydrogens (primary N) is 1. The van der Waals surface area contributed by atoms with Gasteiger partial charge in [-0.2, -0.15) is 5.10 Å². The van der Waals surface area contributed by atoms with E-state index in [2.05, 4.69) is 9.84 Å². The van der Waals surface area contributed by atoms with Gasteiger partial charge in [0.1, 0.15) is 6.34 Å². The molecule has 0 saturated carbocycles. The van der Waals surface area contributed by atoms with Gasteiger partial charge >= 0.3 is 0 Å². The maximum absolute atomic E-state index is 7.00. The Kier molecular flexibility index (Phi) is 3.19. The van der Waals surface area contributed by atoms with Crippen LogP contribution in [-0.2, 0) is 4.74 Å². The SMILES string of the molecule is COC(=N)N(C)C=NN. The Morgan fingerprint density at radius 2 is 2.44 bits per heavy atom. The average Bonchev–Trinajstić information content (AvgIpc) is 1.87. The van der Waals surface area contributed by atoms with Crippen LogP contribution < -0.4 is 5.84 Å². The summed E-state index contributed by atoms with van der Waals surface area (Å²) < 4.78 is 4.53. The van der Waals surface area contributed by atoms with Crippen molar-refractivity contribution in [2.45, 2.75) is 0 Å². The lowest BCUT2D eigenvalue weighted by atomic mass is 10.8. The van der Waals surface area contributed by atoms with E-state index in [9.17, 15) is 0 Å². The smallest absolute Gasteiger partial charge is 0.289 e. The van der Waals surface area contributed by atoms with E-state index >= 15 is 0 Å². The molecule has 0 aliphatic heterocycles. The first-order valence-corrected chi connectivity index (χ1v) is 2.31. The molecular weight excluding hydrogens is 120 g/mol. The lowest BCUT2D eigenvalue weighted by Crippen LogP contribution is -2.25. The summed E-state index contributed by atoms with van der Waals surface area (Å²) in [7, 11) is 3.02. The number of nitrogens with one attached hydrogen (secondary N) is 1. The van der Waals surface area contributed by atoms with Crippen LogP contribution in [0.25, 0.3) is 0 Å². The van der Waals surface area contributed by atoms with Gasteiger partial charge in [-0.15, -0.1) is 0 Å². The number of methoxy groups -OCH3 is 1. The van der Waals surface area contributed by atoms with Crippen LogP contribution in [0, 0.1) is 5.41 Å². The van der Waals surface area contributed by atoms with Crippen molar-refractivity contribution in [3.63, 3.8) is 0 Å². The highest BCUT2D eigenvalue weighted by molar-refractivity contribution is 5.83. The Morgan fingerprint density at radius 3 is 2.78 bits per heavy atom. The molecule has 0 aliphatic rings. The molecule has 5 nitrogen and oxygen atoms in total. The number of rotatable bonds is 1. The van der Waals surface area contributed by atoms with Crippen molar-refractivity contribution < 1.29 is 4.74 Å². The number of hydrazone groups is 1. The quantitative estimate of drug-likeness (QED) is 0.215. The number of amidine groups is 1. The Morgan fingerprint density at radius 1 is 1.89 bits per heavy atom. The minimum absolute atomic E-state index is 0.00389. The van der Waals surface area contributed by atoms with Gasteiger partial charge in [0, 0.05) is 7.05 Å². The van der Waals surface area contributed by atoms with Crippen LogP contribution in [0.15, 0.2) is 5.10 Å². The molecule has 0 aromatic carbocycles. The summed E-state index contributed by atoms with van der Waals surface area (Å²) >= 11 is 0. The van der Waals surface area contributed by atoms with E-state index < -0.39 is 0 Å². The minimum atomic E-state index is 0.00389. The highest BCUT2D eigenvalue weighted by Gasteiger charge is 1.96. The van der Waals surface area contributed by atoms with E-state index in [1.54, 1.807) is 7.05 Å². The predicted molar refractivity (Wildman–Crippen MR) is 35.2 cm³/mol. The summed E-state index contributed by atoms with van der Waals surface area (Å²) in [6.45, 7) is 0. The largest absolute Gasteiger partial charge is 0.468 e. The Labute approximate surface area is 53.6 Å². The molecule has 0 rings (SSSR count). The monoisotopic (exact) mass is 130 g/mol. The van der Waals surface area contributed by atoms with Crippen LogP contribution in [0.3, 0.4) is 0 Å². The fourth-order valence-electron chi connectivity index (χ4n) is 0.296. The third-order valence-electron chi connectivity index (χ3n) is 0.754. The Balaban J connectivity index is 3.72. The predicted octanol–water partition coefficient (Wildman–Crippen LogP) is -0.599. The highest BCUT2D eigenvalue weighted by Crippen LogP contribution is 1.78. The van der Waals surface area contributed by atoms with E-state index in [1.165, 1.54) is 18.3 Å². The number of hydrogen-bond donors (Lipinski definition) is 2. The molecular formula is C4H10N4O. The highest BCUT2D eigenvalue weighted by atomic mass is 16.5. The first-order valence-electron chi connectivity index (χ1n) is 2.31. The third-order valence-corrected chi connectivity index (χ3v) is 0.754. The third kappa shape index (κ3) is 2.53. The Bertz CT molecular complexity index is 122. The lowest BCUT2D eigenvalue weighted by molar-refractivity contribution is 0.349. The molecule has 0 aromatic heterocycles. The van der Waals surface area contributed by atoms with Crippen molar-refractivity contribution in [2.24, 2.45) is 10.9 Å². The zero-order chi connectivity index (χ0) is 7.28. The zero-order valence-electron chi connectivity index (χ0n) is 5.46. The Hall–Kier alpha value is -1.26. The summed E-state index contributed by atoms with van der Waals surface area (Å²) in [6, 6.07) is 0.00389. The minimum Gasteiger partial charge on any atom is -0.468 e. The number of nitrogens with zero attached hydrogens (tertiary/aromatic N) is 2. The first-order chi connectivity index (χ1) is 4.22. The summed E-state index contributed by atoms with van der Waals surface area (Å²) in [5.41, 5.74) is 0. The topological polar surface area (TPSA) is 74.7 Å². The second-order valence-corrected chi connectivity index (χ2v) is 1.38. The van der Waals surface area contributed by atoms with Gasteiger partial charge in [-0.1, -0.05) is 0 Å². The second-order valence-electron chi connectivity index (χ2n) is 1.38. The normalized spacial score (nSPS) is 9.56. The van der Waals surface area contributed by atoms with Crippen LogP contribution in [-0.4, -0.2) is 31.4 Å². The van der Waals surface area contributed by atoms with E-state index in [-0.39, 0.29) is 6.02 Å².